The quantitative estimate of drug-likeness (QED) is 0.819. The Morgan fingerprint density at radius 3 is 2.89 bits per heavy atom. The fourth-order valence-electron chi connectivity index (χ4n) is 2.53. The van der Waals surface area contributed by atoms with Crippen molar-refractivity contribution in [3.63, 3.8) is 0 Å². The summed E-state index contributed by atoms with van der Waals surface area (Å²) in [4.78, 5) is 9.31. The summed E-state index contributed by atoms with van der Waals surface area (Å²) < 4.78 is 2.09. The number of aliphatic hydroxyl groups is 1. The van der Waals surface area contributed by atoms with Gasteiger partial charge in [-0.15, -0.1) is 0 Å². The van der Waals surface area contributed by atoms with Crippen LogP contribution in [0.15, 0.2) is 12.4 Å². The molecule has 2 rings (SSSR count). The third-order valence-electron chi connectivity index (χ3n) is 3.75. The maximum atomic E-state index is 8.87. The number of aromatic nitrogens is 2. The van der Waals surface area contributed by atoms with Crippen molar-refractivity contribution in [2.24, 2.45) is 7.05 Å². The van der Waals surface area contributed by atoms with Crippen molar-refractivity contribution in [2.45, 2.75) is 25.9 Å². The molecule has 1 aromatic heterocycles. The zero-order valence-electron chi connectivity index (χ0n) is 11.4. The van der Waals surface area contributed by atoms with Crippen LogP contribution in [-0.4, -0.2) is 63.3 Å². The highest BCUT2D eigenvalue weighted by Gasteiger charge is 2.23. The van der Waals surface area contributed by atoms with Crippen LogP contribution in [0.1, 0.15) is 19.2 Å². The molecule has 0 amide bonds. The van der Waals surface area contributed by atoms with E-state index < -0.39 is 0 Å². The first-order valence-corrected chi connectivity index (χ1v) is 6.74. The summed E-state index contributed by atoms with van der Waals surface area (Å²) in [5.74, 6) is 1.13. The number of imidazole rings is 1. The Hall–Kier alpha value is -0.910. The van der Waals surface area contributed by atoms with Crippen LogP contribution in [0.25, 0.3) is 0 Å². The first-order chi connectivity index (χ1) is 8.70. The molecule has 0 aromatic carbocycles. The highest BCUT2D eigenvalue weighted by atomic mass is 16.3. The number of aliphatic hydroxyl groups excluding tert-OH is 1. The van der Waals surface area contributed by atoms with E-state index in [0.29, 0.717) is 12.6 Å². The SMILES string of the molecule is C[C@@H]1CN(CCCO)CCN1Cc1nccn1C. The van der Waals surface area contributed by atoms with E-state index in [-0.39, 0.29) is 0 Å². The summed E-state index contributed by atoms with van der Waals surface area (Å²) in [7, 11) is 2.05. The highest BCUT2D eigenvalue weighted by molar-refractivity contribution is 4.93. The second-order valence-corrected chi connectivity index (χ2v) is 5.15. The van der Waals surface area contributed by atoms with E-state index in [4.69, 9.17) is 5.11 Å². The maximum absolute atomic E-state index is 8.87. The van der Waals surface area contributed by atoms with Crippen LogP contribution in [0.5, 0.6) is 0 Å². The van der Waals surface area contributed by atoms with Crippen LogP contribution < -0.4 is 0 Å². The van der Waals surface area contributed by atoms with Gasteiger partial charge in [0.15, 0.2) is 0 Å². The van der Waals surface area contributed by atoms with E-state index in [2.05, 4.69) is 26.3 Å². The van der Waals surface area contributed by atoms with E-state index in [1.165, 1.54) is 0 Å². The Balaban J connectivity index is 1.84. The van der Waals surface area contributed by atoms with E-state index in [0.717, 1.165) is 45.0 Å². The Morgan fingerprint density at radius 1 is 1.44 bits per heavy atom. The van der Waals surface area contributed by atoms with E-state index in [1.807, 2.05) is 19.4 Å². The summed E-state index contributed by atoms with van der Waals surface area (Å²) in [6, 6.07) is 0.550. The summed E-state index contributed by atoms with van der Waals surface area (Å²) in [6.07, 6.45) is 4.74. The number of rotatable bonds is 5. The van der Waals surface area contributed by atoms with Gasteiger partial charge in [-0.25, -0.2) is 4.98 Å². The number of hydrogen-bond donors (Lipinski definition) is 1. The molecule has 1 saturated heterocycles. The second kappa shape index (κ2) is 6.31. The smallest absolute Gasteiger partial charge is 0.122 e. The Kier molecular flexibility index (Phi) is 4.74. The van der Waals surface area contributed by atoms with Gasteiger partial charge in [-0.05, 0) is 13.3 Å². The Bertz CT molecular complexity index is 366. The standard InChI is InChI=1S/C13H24N4O/c1-12-10-16(5-3-9-18)7-8-17(12)11-13-14-4-6-15(13)2/h4,6,12,18H,3,5,7-11H2,1-2H3/t12-/m1/s1. The minimum Gasteiger partial charge on any atom is -0.396 e. The van der Waals surface area contributed by atoms with Gasteiger partial charge < -0.3 is 14.6 Å². The molecule has 5 heteroatoms. The van der Waals surface area contributed by atoms with Gasteiger partial charge in [-0.1, -0.05) is 0 Å². The molecule has 18 heavy (non-hydrogen) atoms. The molecule has 102 valence electrons. The lowest BCUT2D eigenvalue weighted by atomic mass is 10.2. The van der Waals surface area contributed by atoms with Crippen LogP contribution in [0.2, 0.25) is 0 Å². The molecule has 1 N–H and O–H groups in total. The van der Waals surface area contributed by atoms with Gasteiger partial charge in [0.2, 0.25) is 0 Å². The van der Waals surface area contributed by atoms with Crippen LogP contribution in [0.3, 0.4) is 0 Å². The summed E-state index contributed by atoms with van der Waals surface area (Å²) in [5, 5.41) is 8.87. The van der Waals surface area contributed by atoms with Gasteiger partial charge in [0, 0.05) is 58.3 Å². The molecule has 1 aliphatic rings. The second-order valence-electron chi connectivity index (χ2n) is 5.15. The van der Waals surface area contributed by atoms with Crippen LogP contribution in [-0.2, 0) is 13.6 Å². The van der Waals surface area contributed by atoms with Gasteiger partial charge in [0.1, 0.15) is 5.82 Å². The van der Waals surface area contributed by atoms with Crippen molar-refractivity contribution in [1.82, 2.24) is 19.4 Å². The monoisotopic (exact) mass is 252 g/mol. The van der Waals surface area contributed by atoms with Crippen LogP contribution in [0, 0.1) is 0 Å². The number of aryl methyl sites for hydroxylation is 1. The predicted molar refractivity (Wildman–Crippen MR) is 71.2 cm³/mol. The van der Waals surface area contributed by atoms with Crippen molar-refractivity contribution in [1.29, 1.82) is 0 Å². The molecule has 1 aliphatic heterocycles. The topological polar surface area (TPSA) is 44.5 Å². The first-order valence-electron chi connectivity index (χ1n) is 6.74. The maximum Gasteiger partial charge on any atom is 0.122 e. The Morgan fingerprint density at radius 2 is 2.28 bits per heavy atom. The molecule has 1 aromatic rings. The number of nitrogens with zero attached hydrogens (tertiary/aromatic N) is 4. The van der Waals surface area contributed by atoms with Gasteiger partial charge in [0.05, 0.1) is 6.54 Å². The molecule has 0 spiro atoms. The molecule has 2 heterocycles. The summed E-state index contributed by atoms with van der Waals surface area (Å²) in [5.41, 5.74) is 0. The zero-order chi connectivity index (χ0) is 13.0. The average Bonchev–Trinajstić information content (AvgIpc) is 2.75. The van der Waals surface area contributed by atoms with Crippen molar-refractivity contribution in [3.05, 3.63) is 18.2 Å². The molecule has 0 bridgehead atoms. The lowest BCUT2D eigenvalue weighted by Gasteiger charge is -2.39. The zero-order valence-corrected chi connectivity index (χ0v) is 11.4. The lowest BCUT2D eigenvalue weighted by molar-refractivity contribution is 0.0711. The third-order valence-corrected chi connectivity index (χ3v) is 3.75. The van der Waals surface area contributed by atoms with Crippen LogP contribution in [0.4, 0.5) is 0 Å². The van der Waals surface area contributed by atoms with E-state index in [1.54, 1.807) is 0 Å². The van der Waals surface area contributed by atoms with E-state index in [9.17, 15) is 0 Å². The predicted octanol–water partition coefficient (Wildman–Crippen LogP) is 0.309. The molecule has 0 aliphatic carbocycles. The van der Waals surface area contributed by atoms with Crippen molar-refractivity contribution in [2.75, 3.05) is 32.8 Å². The molecular weight excluding hydrogens is 228 g/mol. The van der Waals surface area contributed by atoms with Gasteiger partial charge in [-0.2, -0.15) is 0 Å². The van der Waals surface area contributed by atoms with Gasteiger partial charge in [-0.3, -0.25) is 4.90 Å². The van der Waals surface area contributed by atoms with Crippen molar-refractivity contribution in [3.8, 4) is 0 Å². The van der Waals surface area contributed by atoms with Gasteiger partial charge >= 0.3 is 0 Å². The van der Waals surface area contributed by atoms with Gasteiger partial charge in [0.25, 0.3) is 0 Å². The molecule has 0 unspecified atom stereocenters. The van der Waals surface area contributed by atoms with Crippen molar-refractivity contribution >= 4 is 0 Å². The third kappa shape index (κ3) is 3.31. The lowest BCUT2D eigenvalue weighted by Crippen LogP contribution is -2.51. The molecule has 0 saturated carbocycles. The molecule has 1 fully saturated rings. The number of piperazine rings is 1. The molecule has 5 nitrogen and oxygen atoms in total. The highest BCUT2D eigenvalue weighted by Crippen LogP contribution is 2.12. The van der Waals surface area contributed by atoms with Crippen molar-refractivity contribution < 1.29 is 5.11 Å². The first kappa shape index (κ1) is 13.5. The largest absolute Gasteiger partial charge is 0.396 e. The van der Waals surface area contributed by atoms with E-state index >= 15 is 0 Å². The normalized spacial score (nSPS) is 22.5. The molecule has 1 atom stereocenters. The minimum atomic E-state index is 0.294. The minimum absolute atomic E-state index is 0.294. The molecular formula is C13H24N4O. The number of hydrogen-bond acceptors (Lipinski definition) is 4. The fourth-order valence-corrected chi connectivity index (χ4v) is 2.53. The summed E-state index contributed by atoms with van der Waals surface area (Å²) >= 11 is 0. The Labute approximate surface area is 109 Å². The summed E-state index contributed by atoms with van der Waals surface area (Å²) in [6.45, 7) is 7.77. The molecule has 0 radical (unpaired) electrons. The fraction of sp³-hybridized carbons (Fsp3) is 0.769. The van der Waals surface area contributed by atoms with Crippen LogP contribution >= 0.6 is 0 Å². The average molecular weight is 252 g/mol.